The Morgan fingerprint density at radius 1 is 1.16 bits per heavy atom. The number of piperazine rings is 1. The Balaban J connectivity index is 1.18. The van der Waals surface area contributed by atoms with E-state index in [1.807, 2.05) is 19.1 Å². The quantitative estimate of drug-likeness (QED) is 0.371. The molecule has 2 aromatic rings. The molecule has 4 heterocycles. The lowest BCUT2D eigenvalue weighted by molar-refractivity contribution is 0.0610. The zero-order valence-corrected chi connectivity index (χ0v) is 27.5. The van der Waals surface area contributed by atoms with Crippen molar-refractivity contribution < 1.29 is 8.42 Å². The molecule has 0 saturated carbocycles. The summed E-state index contributed by atoms with van der Waals surface area (Å²) in [5, 5.41) is 13.6. The number of rotatable bonds is 9. The molecule has 5 rings (SSSR count). The van der Waals surface area contributed by atoms with Gasteiger partial charge in [-0.2, -0.15) is 13.7 Å². The van der Waals surface area contributed by atoms with Gasteiger partial charge in [0, 0.05) is 49.8 Å². The van der Waals surface area contributed by atoms with Gasteiger partial charge in [0.05, 0.1) is 28.5 Å². The molecule has 0 radical (unpaired) electrons. The fraction of sp³-hybridized carbons (Fsp3) is 0.533. The summed E-state index contributed by atoms with van der Waals surface area (Å²) in [6.07, 6.45) is 6.64. The normalized spacial score (nSPS) is 22.1. The van der Waals surface area contributed by atoms with Crippen LogP contribution in [0.15, 0.2) is 39.9 Å². The average Bonchev–Trinajstić information content (AvgIpc) is 3.30. The molecule has 3 aliphatic rings. The molecule has 3 aliphatic heterocycles. The van der Waals surface area contributed by atoms with Gasteiger partial charge in [-0.1, -0.05) is 49.5 Å². The number of anilines is 2. The van der Waals surface area contributed by atoms with E-state index in [1.54, 1.807) is 18.3 Å². The van der Waals surface area contributed by atoms with Gasteiger partial charge in [-0.3, -0.25) is 14.8 Å². The molecular formula is C30H39Cl2N9O2S. The number of halogens is 2. The molecule has 2 saturated heterocycles. The number of hydrogen-bond donors (Lipinski definition) is 2. The molecule has 2 N–H and O–H groups in total. The lowest BCUT2D eigenvalue weighted by Crippen LogP contribution is -2.58. The number of nitrogens with one attached hydrogen (secondary N) is 2. The summed E-state index contributed by atoms with van der Waals surface area (Å²) >= 11 is 12.8. The predicted octanol–water partition coefficient (Wildman–Crippen LogP) is 4.68. The number of aliphatic imine (C=N–C) groups is 1. The van der Waals surface area contributed by atoms with Crippen LogP contribution in [0.5, 0.6) is 0 Å². The number of pyridine rings is 1. The van der Waals surface area contributed by atoms with Crippen molar-refractivity contribution in [2.45, 2.75) is 64.6 Å². The number of amidine groups is 2. The van der Waals surface area contributed by atoms with Crippen LogP contribution in [0.4, 0.5) is 11.5 Å². The van der Waals surface area contributed by atoms with E-state index < -0.39 is 10.2 Å². The minimum atomic E-state index is -3.82. The standard InChI is InChI=1S/C30H39Cl2N9O2S/c1-3-5-10-34-28-29(38-44(42,43)37-28)36-24-16-27(32)30(35-18-24)40-13-14-41(25(4-2)20-40)26-8-11-39(12-9-26)19-21-6-7-23(31)15-22(21)17-33/h6-7,15-16,18,25-26H,3-5,8-14,19-20H2,1-2H3,(H,34,37)(H,36,38)/t25-/m0/s1. The third-order valence-electron chi connectivity index (χ3n) is 8.44. The largest absolute Gasteiger partial charge is 0.353 e. The second-order valence-electron chi connectivity index (χ2n) is 11.4. The third kappa shape index (κ3) is 7.82. The van der Waals surface area contributed by atoms with Crippen LogP contribution >= 0.6 is 23.2 Å². The highest BCUT2D eigenvalue weighted by atomic mass is 35.5. The van der Waals surface area contributed by atoms with E-state index in [4.69, 9.17) is 23.2 Å². The van der Waals surface area contributed by atoms with Crippen LogP contribution in [0.1, 0.15) is 57.1 Å². The molecule has 0 aliphatic carbocycles. The van der Waals surface area contributed by atoms with Crippen LogP contribution in [0, 0.1) is 11.3 Å². The minimum Gasteiger partial charge on any atom is -0.353 e. The van der Waals surface area contributed by atoms with Gasteiger partial charge in [0.2, 0.25) is 0 Å². The molecule has 0 spiro atoms. The van der Waals surface area contributed by atoms with Crippen molar-refractivity contribution in [3.8, 4) is 6.07 Å². The summed E-state index contributed by atoms with van der Waals surface area (Å²) < 4.78 is 30.2. The lowest BCUT2D eigenvalue weighted by atomic mass is 9.97. The van der Waals surface area contributed by atoms with Crippen molar-refractivity contribution in [2.24, 2.45) is 9.39 Å². The van der Waals surface area contributed by atoms with Crippen molar-refractivity contribution in [2.75, 3.05) is 49.5 Å². The van der Waals surface area contributed by atoms with E-state index in [9.17, 15) is 13.7 Å². The summed E-state index contributed by atoms with van der Waals surface area (Å²) in [5.41, 5.74) is 2.22. The van der Waals surface area contributed by atoms with Crippen LogP contribution in [0.25, 0.3) is 0 Å². The first-order chi connectivity index (χ1) is 21.2. The van der Waals surface area contributed by atoms with Crippen LogP contribution in [0.2, 0.25) is 10.0 Å². The summed E-state index contributed by atoms with van der Waals surface area (Å²) in [5.74, 6) is 1.05. The molecule has 14 heteroatoms. The van der Waals surface area contributed by atoms with Gasteiger partial charge in [0.1, 0.15) is 5.82 Å². The van der Waals surface area contributed by atoms with E-state index in [-0.39, 0.29) is 11.7 Å². The van der Waals surface area contributed by atoms with Crippen molar-refractivity contribution in [1.29, 1.82) is 5.26 Å². The molecule has 0 amide bonds. The Morgan fingerprint density at radius 2 is 1.95 bits per heavy atom. The summed E-state index contributed by atoms with van der Waals surface area (Å²) in [7, 11) is -3.82. The van der Waals surface area contributed by atoms with E-state index in [1.165, 1.54) is 0 Å². The zero-order valence-electron chi connectivity index (χ0n) is 25.1. The lowest BCUT2D eigenvalue weighted by Gasteiger charge is -2.47. The number of unbranched alkanes of at least 4 members (excludes halogenated alkanes) is 1. The molecule has 236 valence electrons. The van der Waals surface area contributed by atoms with Crippen LogP contribution < -0.4 is 14.9 Å². The van der Waals surface area contributed by atoms with Crippen LogP contribution in [-0.2, 0) is 16.8 Å². The first-order valence-electron chi connectivity index (χ1n) is 15.2. The highest BCUT2D eigenvalue weighted by Gasteiger charge is 2.34. The second kappa shape index (κ2) is 14.4. The Labute approximate surface area is 270 Å². The highest BCUT2D eigenvalue weighted by molar-refractivity contribution is 7.89. The number of hydrogen-bond acceptors (Lipinski definition) is 9. The van der Waals surface area contributed by atoms with E-state index >= 15 is 0 Å². The number of nitriles is 1. The minimum absolute atomic E-state index is 0.135. The Bertz CT molecular complexity index is 1550. The van der Waals surface area contributed by atoms with Gasteiger partial charge >= 0.3 is 10.2 Å². The van der Waals surface area contributed by atoms with Gasteiger partial charge in [0.25, 0.3) is 0 Å². The molecule has 1 aromatic carbocycles. The zero-order chi connectivity index (χ0) is 31.3. The molecular weight excluding hydrogens is 621 g/mol. The van der Waals surface area contributed by atoms with Gasteiger partial charge < -0.3 is 10.2 Å². The maximum Gasteiger partial charge on any atom is 0.345 e. The topological polar surface area (TPSA) is 129 Å². The molecule has 0 unspecified atom stereocenters. The van der Waals surface area contributed by atoms with Gasteiger partial charge in [0.15, 0.2) is 11.7 Å². The van der Waals surface area contributed by atoms with E-state index in [0.717, 1.165) is 82.8 Å². The van der Waals surface area contributed by atoms with Gasteiger partial charge in [-0.25, -0.2) is 9.71 Å². The van der Waals surface area contributed by atoms with Crippen LogP contribution in [0.3, 0.4) is 0 Å². The Morgan fingerprint density at radius 3 is 2.66 bits per heavy atom. The fourth-order valence-corrected chi connectivity index (χ4v) is 7.39. The second-order valence-corrected chi connectivity index (χ2v) is 13.6. The number of benzene rings is 1. The van der Waals surface area contributed by atoms with Crippen molar-refractivity contribution in [3.63, 3.8) is 0 Å². The van der Waals surface area contributed by atoms with Crippen LogP contribution in [-0.4, -0.2) is 86.2 Å². The number of likely N-dealkylation sites (tertiary alicyclic amines) is 1. The van der Waals surface area contributed by atoms with Gasteiger partial charge in [-0.15, -0.1) is 4.40 Å². The average molecular weight is 661 g/mol. The Kier molecular flexibility index (Phi) is 10.6. The third-order valence-corrected chi connectivity index (χ3v) is 9.83. The first-order valence-corrected chi connectivity index (χ1v) is 17.4. The monoisotopic (exact) mass is 659 g/mol. The number of aromatic nitrogens is 1. The van der Waals surface area contributed by atoms with E-state index in [2.05, 4.69) is 52.1 Å². The molecule has 1 atom stereocenters. The number of nitrogens with zero attached hydrogens (tertiary/aromatic N) is 7. The summed E-state index contributed by atoms with van der Waals surface area (Å²) in [6, 6.07) is 10.5. The molecule has 2 fully saturated rings. The van der Waals surface area contributed by atoms with Crippen molar-refractivity contribution in [1.82, 2.24) is 19.5 Å². The highest BCUT2D eigenvalue weighted by Crippen LogP contribution is 2.31. The Hall–Kier alpha value is -2.95. The number of piperidine rings is 1. The molecule has 44 heavy (non-hydrogen) atoms. The summed E-state index contributed by atoms with van der Waals surface area (Å²) in [6.45, 7) is 10.1. The maximum absolute atomic E-state index is 12.0. The maximum atomic E-state index is 12.0. The SMILES string of the molecule is CCCCN=C1NS(=O)(=O)N=C1Nc1cnc(N2CCN(C3CCN(Cc4ccc(Cl)cc4C#N)CC3)[C@@H](CC)C2)c(Cl)c1. The predicted molar refractivity (Wildman–Crippen MR) is 177 cm³/mol. The van der Waals surface area contributed by atoms with Crippen molar-refractivity contribution >= 4 is 56.6 Å². The molecule has 1 aromatic heterocycles. The first kappa shape index (κ1) is 32.4. The van der Waals surface area contributed by atoms with Crippen molar-refractivity contribution in [3.05, 3.63) is 51.6 Å². The van der Waals surface area contributed by atoms with Gasteiger partial charge in [-0.05, 0) is 62.5 Å². The summed E-state index contributed by atoms with van der Waals surface area (Å²) in [4.78, 5) is 16.3. The fourth-order valence-electron chi connectivity index (χ4n) is 6.11. The smallest absolute Gasteiger partial charge is 0.345 e. The molecule has 11 nitrogen and oxygen atoms in total. The van der Waals surface area contributed by atoms with E-state index in [0.29, 0.717) is 39.9 Å². The molecule has 0 bridgehead atoms.